The minimum atomic E-state index is -0.403. The van der Waals surface area contributed by atoms with Gasteiger partial charge in [-0.15, -0.1) is 0 Å². The van der Waals surface area contributed by atoms with Gasteiger partial charge in [-0.1, -0.05) is 19.1 Å². The zero-order valence-electron chi connectivity index (χ0n) is 21.6. The van der Waals surface area contributed by atoms with E-state index >= 15 is 0 Å². The summed E-state index contributed by atoms with van der Waals surface area (Å²) in [6, 6.07) is 10.7. The quantitative estimate of drug-likeness (QED) is 0.356. The van der Waals surface area contributed by atoms with Gasteiger partial charge in [-0.3, -0.25) is 4.79 Å². The summed E-state index contributed by atoms with van der Waals surface area (Å²) >= 11 is 0. The Balaban J connectivity index is 1.59. The maximum atomic E-state index is 12.3. The van der Waals surface area contributed by atoms with Crippen LogP contribution in [0.4, 0.5) is 5.69 Å². The normalized spacial score (nSPS) is 15.7. The van der Waals surface area contributed by atoms with Gasteiger partial charge >= 0.3 is 0 Å². The first kappa shape index (κ1) is 26.8. The molecule has 1 aliphatic rings. The molecule has 2 aromatic rings. The number of benzene rings is 2. The number of aryl methyl sites for hydroxylation is 1. The average molecular weight is 484 g/mol. The molecule has 1 amide bonds. The van der Waals surface area contributed by atoms with E-state index in [0.29, 0.717) is 38.3 Å². The predicted molar refractivity (Wildman–Crippen MR) is 141 cm³/mol. The number of aliphatic hydroxyl groups is 1. The lowest BCUT2D eigenvalue weighted by molar-refractivity contribution is 0.100. The molecule has 1 heterocycles. The van der Waals surface area contributed by atoms with Crippen LogP contribution in [0.2, 0.25) is 0 Å². The van der Waals surface area contributed by atoms with Crippen LogP contribution in [0.5, 0.6) is 11.5 Å². The first-order valence-electron chi connectivity index (χ1n) is 12.8. The van der Waals surface area contributed by atoms with Crippen molar-refractivity contribution >= 4 is 11.6 Å². The monoisotopic (exact) mass is 483 g/mol. The van der Waals surface area contributed by atoms with Gasteiger partial charge in [-0.05, 0) is 81.3 Å². The minimum absolute atomic E-state index is 0.131. The number of nitrogens with one attached hydrogen (secondary N) is 1. The molecule has 0 fully saturated rings. The summed E-state index contributed by atoms with van der Waals surface area (Å²) in [4.78, 5) is 14.5. The molecule has 192 valence electrons. The Morgan fingerprint density at radius 1 is 1.20 bits per heavy atom. The molecular weight excluding hydrogens is 442 g/mol. The molecule has 1 unspecified atom stereocenters. The van der Waals surface area contributed by atoms with Crippen LogP contribution < -0.4 is 25.4 Å². The number of hydrogen-bond acceptors (Lipinski definition) is 6. The molecule has 4 N–H and O–H groups in total. The van der Waals surface area contributed by atoms with E-state index in [1.54, 1.807) is 0 Å². The van der Waals surface area contributed by atoms with Crippen LogP contribution in [0.1, 0.15) is 61.2 Å². The molecule has 0 saturated carbocycles. The highest BCUT2D eigenvalue weighted by atomic mass is 16.5. The number of carbonyl (C=O) groups is 1. The lowest BCUT2D eigenvalue weighted by atomic mass is 9.97. The average Bonchev–Trinajstić information content (AvgIpc) is 3.15. The summed E-state index contributed by atoms with van der Waals surface area (Å²) in [5.41, 5.74) is 10.8. The zero-order valence-corrected chi connectivity index (χ0v) is 21.6. The molecule has 0 saturated heterocycles. The van der Waals surface area contributed by atoms with Crippen LogP contribution >= 0.6 is 0 Å². The van der Waals surface area contributed by atoms with Crippen molar-refractivity contribution in [3.8, 4) is 11.5 Å². The molecular formula is C28H41N3O4. The topological polar surface area (TPSA) is 97.1 Å². The van der Waals surface area contributed by atoms with Crippen LogP contribution in [0.25, 0.3) is 0 Å². The van der Waals surface area contributed by atoms with E-state index in [0.717, 1.165) is 47.6 Å². The fourth-order valence-corrected chi connectivity index (χ4v) is 4.84. The molecule has 2 aromatic carbocycles. The highest BCUT2D eigenvalue weighted by Crippen LogP contribution is 2.37. The van der Waals surface area contributed by atoms with E-state index in [1.165, 1.54) is 5.56 Å². The summed E-state index contributed by atoms with van der Waals surface area (Å²) in [5.74, 6) is 1.15. The summed E-state index contributed by atoms with van der Waals surface area (Å²) in [5, 5.41) is 12.8. The lowest BCUT2D eigenvalue weighted by Crippen LogP contribution is -2.33. The Labute approximate surface area is 209 Å². The number of fused-ring (bicyclic) bond motifs is 1. The van der Waals surface area contributed by atoms with Crippen molar-refractivity contribution < 1.29 is 19.4 Å². The van der Waals surface area contributed by atoms with E-state index in [1.807, 2.05) is 25.1 Å². The second kappa shape index (κ2) is 12.8. The smallest absolute Gasteiger partial charge is 0.250 e. The molecule has 3 rings (SSSR count). The molecule has 1 aliphatic heterocycles. The molecule has 0 spiro atoms. The largest absolute Gasteiger partial charge is 0.490 e. The summed E-state index contributed by atoms with van der Waals surface area (Å²) in [6.07, 6.45) is 3.29. The number of rotatable bonds is 14. The second-order valence-corrected chi connectivity index (χ2v) is 9.31. The molecule has 0 radical (unpaired) electrons. The number of ether oxygens (including phenoxy) is 2. The van der Waals surface area contributed by atoms with Crippen molar-refractivity contribution in [3.05, 3.63) is 52.6 Å². The molecule has 0 bridgehead atoms. The predicted octanol–water partition coefficient (Wildman–Crippen LogP) is 3.48. The number of carbonyl (C=O) groups excluding carboxylic acids is 1. The van der Waals surface area contributed by atoms with Crippen molar-refractivity contribution in [2.24, 2.45) is 5.73 Å². The Hall–Kier alpha value is -2.77. The standard InChI is InChI=1S/C28H41N3O4/c1-5-21-8-9-25(26(18-21)34-6-2)35-13-10-30-19(3)14-22-16-23-15-20(4)31(11-7-12-32)27(23)24(17-22)28(29)33/h8-9,16-20,30,32H,5-7,10-15H2,1-4H3,(H2,29,33)/t19-,20?/m1/s1. The van der Waals surface area contributed by atoms with Crippen LogP contribution in [0, 0.1) is 0 Å². The van der Waals surface area contributed by atoms with Gasteiger partial charge in [-0.2, -0.15) is 0 Å². The number of primary amides is 1. The summed E-state index contributed by atoms with van der Waals surface area (Å²) in [7, 11) is 0. The molecule has 0 aromatic heterocycles. The fraction of sp³-hybridized carbons (Fsp3) is 0.536. The van der Waals surface area contributed by atoms with E-state index in [2.05, 4.69) is 43.1 Å². The Morgan fingerprint density at radius 3 is 2.69 bits per heavy atom. The van der Waals surface area contributed by atoms with Gasteiger partial charge in [-0.25, -0.2) is 0 Å². The van der Waals surface area contributed by atoms with Gasteiger partial charge in [0.2, 0.25) is 0 Å². The molecule has 0 aliphatic carbocycles. The SMILES string of the molecule is CCOc1cc(CC)ccc1OCCN[C@H](C)Cc1cc2c(c(C(N)=O)c1)N(CCCO)C(C)C2. The third-order valence-electron chi connectivity index (χ3n) is 6.52. The first-order valence-corrected chi connectivity index (χ1v) is 12.8. The Morgan fingerprint density at radius 2 is 2.00 bits per heavy atom. The number of hydrogen-bond donors (Lipinski definition) is 3. The zero-order chi connectivity index (χ0) is 25.4. The van der Waals surface area contributed by atoms with Gasteiger partial charge in [0.25, 0.3) is 5.91 Å². The van der Waals surface area contributed by atoms with Gasteiger partial charge in [0, 0.05) is 31.8 Å². The molecule has 7 nitrogen and oxygen atoms in total. The van der Waals surface area contributed by atoms with E-state index in [4.69, 9.17) is 15.2 Å². The van der Waals surface area contributed by atoms with E-state index < -0.39 is 5.91 Å². The number of anilines is 1. The molecule has 7 heteroatoms. The van der Waals surface area contributed by atoms with Gasteiger partial charge < -0.3 is 30.5 Å². The van der Waals surface area contributed by atoms with Crippen LogP contribution in [-0.4, -0.2) is 56.0 Å². The fourth-order valence-electron chi connectivity index (χ4n) is 4.84. The maximum Gasteiger partial charge on any atom is 0.250 e. The third kappa shape index (κ3) is 6.89. The second-order valence-electron chi connectivity index (χ2n) is 9.31. The maximum absolute atomic E-state index is 12.3. The number of nitrogens with zero attached hydrogens (tertiary/aromatic N) is 1. The van der Waals surface area contributed by atoms with Gasteiger partial charge in [0.05, 0.1) is 17.9 Å². The van der Waals surface area contributed by atoms with Gasteiger partial charge in [0.15, 0.2) is 11.5 Å². The van der Waals surface area contributed by atoms with Crippen molar-refractivity contribution in [2.45, 2.75) is 65.5 Å². The van der Waals surface area contributed by atoms with Crippen LogP contribution in [0.3, 0.4) is 0 Å². The summed E-state index contributed by atoms with van der Waals surface area (Å²) < 4.78 is 11.7. The van der Waals surface area contributed by atoms with Crippen molar-refractivity contribution in [2.75, 3.05) is 37.8 Å². The summed E-state index contributed by atoms with van der Waals surface area (Å²) in [6.45, 7) is 11.1. The third-order valence-corrected chi connectivity index (χ3v) is 6.52. The Bertz CT molecular complexity index is 994. The van der Waals surface area contributed by atoms with Gasteiger partial charge in [0.1, 0.15) is 6.61 Å². The van der Waals surface area contributed by atoms with Crippen molar-refractivity contribution in [3.63, 3.8) is 0 Å². The van der Waals surface area contributed by atoms with Crippen LogP contribution in [0.15, 0.2) is 30.3 Å². The number of amides is 1. The highest BCUT2D eigenvalue weighted by molar-refractivity contribution is 6.00. The van der Waals surface area contributed by atoms with E-state index in [-0.39, 0.29) is 18.7 Å². The number of aliphatic hydroxyl groups excluding tert-OH is 1. The molecule has 2 atom stereocenters. The minimum Gasteiger partial charge on any atom is -0.490 e. The Kier molecular flexibility index (Phi) is 9.81. The van der Waals surface area contributed by atoms with Crippen LogP contribution in [-0.2, 0) is 19.3 Å². The first-order chi connectivity index (χ1) is 16.9. The molecule has 35 heavy (non-hydrogen) atoms. The van der Waals surface area contributed by atoms with Crippen molar-refractivity contribution in [1.29, 1.82) is 0 Å². The lowest BCUT2D eigenvalue weighted by Gasteiger charge is -2.26. The van der Waals surface area contributed by atoms with Crippen molar-refractivity contribution in [1.82, 2.24) is 5.32 Å². The highest BCUT2D eigenvalue weighted by Gasteiger charge is 2.30. The van der Waals surface area contributed by atoms with E-state index in [9.17, 15) is 9.90 Å². The number of nitrogens with two attached hydrogens (primary N) is 1.